The molecule has 1 aromatic carbocycles. The van der Waals surface area contributed by atoms with Gasteiger partial charge in [0, 0.05) is 6.54 Å². The van der Waals surface area contributed by atoms with Crippen molar-refractivity contribution in [1.29, 1.82) is 0 Å². The molecule has 0 aliphatic rings. The van der Waals surface area contributed by atoms with Crippen LogP contribution in [0, 0.1) is 6.92 Å². The van der Waals surface area contributed by atoms with Crippen molar-refractivity contribution in [3.63, 3.8) is 0 Å². The van der Waals surface area contributed by atoms with Crippen LogP contribution in [-0.2, 0) is 6.54 Å². The molecule has 1 N–H and O–H groups in total. The summed E-state index contributed by atoms with van der Waals surface area (Å²) in [7, 11) is 2.13. The zero-order chi connectivity index (χ0) is 12.0. The van der Waals surface area contributed by atoms with E-state index in [2.05, 4.69) is 43.1 Å². The van der Waals surface area contributed by atoms with Crippen LogP contribution in [0.2, 0.25) is 0 Å². The van der Waals surface area contributed by atoms with Gasteiger partial charge >= 0.3 is 0 Å². The molecule has 90 valence electrons. The fourth-order valence-corrected chi connectivity index (χ4v) is 1.81. The number of aliphatic hydroxyl groups excluding tert-OH is 1. The summed E-state index contributed by atoms with van der Waals surface area (Å²) in [6.07, 6.45) is 1.77. The Labute approximate surface area is 98.9 Å². The number of rotatable bonds is 6. The minimum Gasteiger partial charge on any atom is -0.393 e. The quantitative estimate of drug-likeness (QED) is 0.798. The maximum Gasteiger partial charge on any atom is 0.0512 e. The first-order chi connectivity index (χ1) is 7.59. The lowest BCUT2D eigenvalue weighted by Gasteiger charge is -2.18. The van der Waals surface area contributed by atoms with Crippen molar-refractivity contribution in [2.24, 2.45) is 0 Å². The lowest BCUT2D eigenvalue weighted by Crippen LogP contribution is -2.20. The van der Waals surface area contributed by atoms with E-state index in [1.807, 2.05) is 6.92 Å². The topological polar surface area (TPSA) is 23.5 Å². The summed E-state index contributed by atoms with van der Waals surface area (Å²) >= 11 is 0. The Morgan fingerprint density at radius 1 is 1.31 bits per heavy atom. The fraction of sp³-hybridized carbons (Fsp3) is 0.571. The lowest BCUT2D eigenvalue weighted by molar-refractivity contribution is 0.174. The van der Waals surface area contributed by atoms with Gasteiger partial charge < -0.3 is 10.0 Å². The first-order valence-electron chi connectivity index (χ1n) is 6.00. The Hall–Kier alpha value is -0.860. The molecule has 2 heteroatoms. The molecule has 0 fully saturated rings. The van der Waals surface area contributed by atoms with E-state index in [1.165, 1.54) is 11.1 Å². The highest BCUT2D eigenvalue weighted by molar-refractivity contribution is 5.25. The second kappa shape index (κ2) is 6.66. The van der Waals surface area contributed by atoms with E-state index in [0.717, 1.165) is 25.9 Å². The summed E-state index contributed by atoms with van der Waals surface area (Å²) in [5, 5.41) is 9.18. The van der Waals surface area contributed by atoms with Gasteiger partial charge in [-0.3, -0.25) is 0 Å². The van der Waals surface area contributed by atoms with Crippen molar-refractivity contribution in [3.05, 3.63) is 35.4 Å². The van der Waals surface area contributed by atoms with E-state index in [9.17, 15) is 5.11 Å². The fourth-order valence-electron chi connectivity index (χ4n) is 1.81. The number of aryl methyl sites for hydroxylation is 1. The SMILES string of the molecule is Cc1ccccc1CN(C)CCCC(C)O. The third kappa shape index (κ3) is 4.77. The van der Waals surface area contributed by atoms with Crippen molar-refractivity contribution in [2.45, 2.75) is 39.3 Å². The summed E-state index contributed by atoms with van der Waals surface area (Å²) in [5.74, 6) is 0. The van der Waals surface area contributed by atoms with Gasteiger partial charge in [-0.15, -0.1) is 0 Å². The lowest BCUT2D eigenvalue weighted by atomic mass is 10.1. The summed E-state index contributed by atoms with van der Waals surface area (Å²) in [4.78, 5) is 2.31. The van der Waals surface area contributed by atoms with Crippen LogP contribution in [0.1, 0.15) is 30.9 Å². The molecule has 0 bridgehead atoms. The second-order valence-electron chi connectivity index (χ2n) is 4.66. The summed E-state index contributed by atoms with van der Waals surface area (Å²) < 4.78 is 0. The van der Waals surface area contributed by atoms with Gasteiger partial charge in [-0.05, 0) is 51.4 Å². The Bertz CT molecular complexity index is 309. The van der Waals surface area contributed by atoms with Crippen molar-refractivity contribution in [3.8, 4) is 0 Å². The molecule has 0 aliphatic heterocycles. The molecule has 0 amide bonds. The third-order valence-electron chi connectivity index (χ3n) is 2.86. The summed E-state index contributed by atoms with van der Waals surface area (Å²) in [6.45, 7) is 6.03. The van der Waals surface area contributed by atoms with E-state index in [4.69, 9.17) is 0 Å². The molecule has 0 aromatic heterocycles. The van der Waals surface area contributed by atoms with Crippen LogP contribution >= 0.6 is 0 Å². The highest BCUT2D eigenvalue weighted by atomic mass is 16.3. The number of nitrogens with zero attached hydrogens (tertiary/aromatic N) is 1. The minimum atomic E-state index is -0.174. The Morgan fingerprint density at radius 3 is 2.62 bits per heavy atom. The van der Waals surface area contributed by atoms with Crippen molar-refractivity contribution >= 4 is 0 Å². The zero-order valence-corrected chi connectivity index (χ0v) is 10.6. The van der Waals surface area contributed by atoms with Crippen LogP contribution in [0.15, 0.2) is 24.3 Å². The molecular formula is C14H23NO. The Balaban J connectivity index is 2.34. The van der Waals surface area contributed by atoms with Gasteiger partial charge in [0.05, 0.1) is 6.10 Å². The molecule has 1 atom stereocenters. The van der Waals surface area contributed by atoms with Crippen LogP contribution in [-0.4, -0.2) is 29.7 Å². The average molecular weight is 221 g/mol. The largest absolute Gasteiger partial charge is 0.393 e. The van der Waals surface area contributed by atoms with Crippen LogP contribution in [0.3, 0.4) is 0 Å². The number of hydrogen-bond donors (Lipinski definition) is 1. The molecule has 0 spiro atoms. The maximum absolute atomic E-state index is 9.18. The van der Waals surface area contributed by atoms with Crippen LogP contribution in [0.5, 0.6) is 0 Å². The predicted octanol–water partition coefficient (Wildman–Crippen LogP) is 2.59. The predicted molar refractivity (Wildman–Crippen MR) is 68.4 cm³/mol. The molecule has 1 unspecified atom stereocenters. The van der Waals surface area contributed by atoms with Crippen LogP contribution in [0.4, 0.5) is 0 Å². The summed E-state index contributed by atoms with van der Waals surface area (Å²) in [5.41, 5.74) is 2.74. The number of benzene rings is 1. The Kier molecular flexibility index (Phi) is 5.50. The average Bonchev–Trinajstić information content (AvgIpc) is 2.21. The van der Waals surface area contributed by atoms with Crippen molar-refractivity contribution in [1.82, 2.24) is 4.90 Å². The van der Waals surface area contributed by atoms with Gasteiger partial charge in [0.1, 0.15) is 0 Å². The first kappa shape index (κ1) is 13.2. The standard InChI is InChI=1S/C14H23NO/c1-12-7-4-5-9-14(12)11-15(3)10-6-8-13(2)16/h4-5,7,9,13,16H,6,8,10-11H2,1-3H3. The molecule has 1 aromatic rings. The molecule has 0 heterocycles. The normalized spacial score (nSPS) is 13.1. The third-order valence-corrected chi connectivity index (χ3v) is 2.86. The van der Waals surface area contributed by atoms with Gasteiger partial charge in [0.2, 0.25) is 0 Å². The Morgan fingerprint density at radius 2 is 2.00 bits per heavy atom. The summed E-state index contributed by atoms with van der Waals surface area (Å²) in [6, 6.07) is 8.50. The van der Waals surface area contributed by atoms with E-state index < -0.39 is 0 Å². The molecule has 0 saturated heterocycles. The highest BCUT2D eigenvalue weighted by Crippen LogP contribution is 2.10. The van der Waals surface area contributed by atoms with E-state index in [1.54, 1.807) is 0 Å². The molecule has 0 aliphatic carbocycles. The van der Waals surface area contributed by atoms with Crippen molar-refractivity contribution in [2.75, 3.05) is 13.6 Å². The number of hydrogen-bond acceptors (Lipinski definition) is 2. The second-order valence-corrected chi connectivity index (χ2v) is 4.66. The maximum atomic E-state index is 9.18. The highest BCUT2D eigenvalue weighted by Gasteiger charge is 2.03. The molecule has 1 rings (SSSR count). The van der Waals surface area contributed by atoms with E-state index in [-0.39, 0.29) is 6.10 Å². The molecule has 16 heavy (non-hydrogen) atoms. The van der Waals surface area contributed by atoms with Crippen LogP contribution < -0.4 is 0 Å². The number of aliphatic hydroxyl groups is 1. The molecule has 0 saturated carbocycles. The van der Waals surface area contributed by atoms with Gasteiger partial charge in [0.25, 0.3) is 0 Å². The molecule has 2 nitrogen and oxygen atoms in total. The first-order valence-corrected chi connectivity index (χ1v) is 6.00. The smallest absolute Gasteiger partial charge is 0.0512 e. The zero-order valence-electron chi connectivity index (χ0n) is 10.6. The molecule has 0 radical (unpaired) electrons. The van der Waals surface area contributed by atoms with Gasteiger partial charge in [-0.2, -0.15) is 0 Å². The van der Waals surface area contributed by atoms with Gasteiger partial charge in [-0.1, -0.05) is 24.3 Å². The monoisotopic (exact) mass is 221 g/mol. The van der Waals surface area contributed by atoms with Gasteiger partial charge in [0.15, 0.2) is 0 Å². The van der Waals surface area contributed by atoms with E-state index in [0.29, 0.717) is 0 Å². The van der Waals surface area contributed by atoms with E-state index >= 15 is 0 Å². The van der Waals surface area contributed by atoms with Crippen LogP contribution in [0.25, 0.3) is 0 Å². The molecular weight excluding hydrogens is 198 g/mol. The minimum absolute atomic E-state index is 0.174. The van der Waals surface area contributed by atoms with Gasteiger partial charge in [-0.25, -0.2) is 0 Å². The van der Waals surface area contributed by atoms with Crippen molar-refractivity contribution < 1.29 is 5.11 Å².